The molecule has 2 rings (SSSR count). The molecule has 3 heteroatoms. The number of rotatable bonds is 5. The molecule has 0 saturated heterocycles. The van der Waals surface area contributed by atoms with Crippen LogP contribution < -0.4 is 4.74 Å². The second-order valence-corrected chi connectivity index (χ2v) is 4.68. The minimum absolute atomic E-state index is 0.0298. The van der Waals surface area contributed by atoms with Gasteiger partial charge in [-0.3, -0.25) is 4.79 Å². The Kier molecular flexibility index (Phi) is 3.70. The van der Waals surface area contributed by atoms with Gasteiger partial charge in [0.1, 0.15) is 11.3 Å². The molecular formula is C15H18O3. The van der Waals surface area contributed by atoms with Crippen molar-refractivity contribution in [3.05, 3.63) is 30.0 Å². The van der Waals surface area contributed by atoms with Crippen LogP contribution in [0.5, 0.6) is 5.75 Å². The third-order valence-electron chi connectivity index (χ3n) is 2.73. The van der Waals surface area contributed by atoms with Crippen molar-refractivity contribution in [2.24, 2.45) is 5.92 Å². The second kappa shape index (κ2) is 5.25. The highest BCUT2D eigenvalue weighted by Crippen LogP contribution is 2.25. The van der Waals surface area contributed by atoms with E-state index in [0.29, 0.717) is 12.4 Å². The second-order valence-electron chi connectivity index (χ2n) is 4.68. The summed E-state index contributed by atoms with van der Waals surface area (Å²) in [6, 6.07) is 7.41. The number of ketones is 1. The van der Waals surface area contributed by atoms with Crippen LogP contribution in [-0.4, -0.2) is 12.4 Å². The van der Waals surface area contributed by atoms with Gasteiger partial charge in [0.2, 0.25) is 5.78 Å². The predicted octanol–water partition coefficient (Wildman–Crippen LogP) is 4.06. The Morgan fingerprint density at radius 3 is 2.78 bits per heavy atom. The van der Waals surface area contributed by atoms with Crippen LogP contribution in [0, 0.1) is 5.92 Å². The summed E-state index contributed by atoms with van der Waals surface area (Å²) in [5.74, 6) is 1.21. The number of Topliss-reactive ketones (excluding diaryl/α,β-unsaturated/α-hetero) is 1. The molecule has 18 heavy (non-hydrogen) atoms. The summed E-state index contributed by atoms with van der Waals surface area (Å²) >= 11 is 0. The van der Waals surface area contributed by atoms with E-state index in [9.17, 15) is 4.79 Å². The van der Waals surface area contributed by atoms with Crippen molar-refractivity contribution in [2.75, 3.05) is 6.61 Å². The van der Waals surface area contributed by atoms with Gasteiger partial charge in [0.25, 0.3) is 0 Å². The highest BCUT2D eigenvalue weighted by Gasteiger charge is 2.15. The van der Waals surface area contributed by atoms with Gasteiger partial charge >= 0.3 is 0 Å². The van der Waals surface area contributed by atoms with Gasteiger partial charge in [0.05, 0.1) is 6.61 Å². The van der Waals surface area contributed by atoms with E-state index in [2.05, 4.69) is 6.92 Å². The van der Waals surface area contributed by atoms with Crippen molar-refractivity contribution in [1.29, 1.82) is 0 Å². The number of carbonyl (C=O) groups excluding carboxylic acids is 1. The lowest BCUT2D eigenvalue weighted by Crippen LogP contribution is -2.05. The van der Waals surface area contributed by atoms with E-state index in [-0.39, 0.29) is 11.7 Å². The van der Waals surface area contributed by atoms with Crippen LogP contribution in [0.4, 0.5) is 0 Å². The first-order valence-corrected chi connectivity index (χ1v) is 6.32. The highest BCUT2D eigenvalue weighted by atomic mass is 16.5. The van der Waals surface area contributed by atoms with Crippen molar-refractivity contribution in [2.45, 2.75) is 27.2 Å². The Hall–Kier alpha value is -1.77. The molecule has 0 atom stereocenters. The molecule has 0 N–H and O–H groups in total. The van der Waals surface area contributed by atoms with Gasteiger partial charge < -0.3 is 9.15 Å². The molecule has 0 saturated carbocycles. The van der Waals surface area contributed by atoms with Crippen LogP contribution in [-0.2, 0) is 0 Å². The summed E-state index contributed by atoms with van der Waals surface area (Å²) in [5, 5.41) is 0.910. The van der Waals surface area contributed by atoms with Gasteiger partial charge in [-0.05, 0) is 30.7 Å². The lowest BCUT2D eigenvalue weighted by Gasteiger charge is -2.02. The number of furan rings is 1. The summed E-state index contributed by atoms with van der Waals surface area (Å²) in [6.45, 7) is 6.49. The van der Waals surface area contributed by atoms with Gasteiger partial charge in [-0.2, -0.15) is 0 Å². The fourth-order valence-electron chi connectivity index (χ4n) is 1.74. The average Bonchev–Trinajstić information content (AvgIpc) is 2.77. The number of hydrogen-bond donors (Lipinski definition) is 0. The van der Waals surface area contributed by atoms with E-state index in [4.69, 9.17) is 9.15 Å². The maximum atomic E-state index is 11.8. The Morgan fingerprint density at radius 2 is 2.11 bits per heavy atom. The molecule has 0 unspecified atom stereocenters. The summed E-state index contributed by atoms with van der Waals surface area (Å²) in [6.07, 6.45) is 0.973. The molecule has 0 aliphatic heterocycles. The van der Waals surface area contributed by atoms with Gasteiger partial charge in [0.15, 0.2) is 5.76 Å². The Labute approximate surface area is 107 Å². The fourth-order valence-corrected chi connectivity index (χ4v) is 1.74. The standard InChI is InChI=1S/C15H18O3/c1-4-7-17-12-5-6-13-11(8-12)9-14(18-13)15(16)10(2)3/h5-6,8-10H,4,7H2,1-3H3. The molecule has 0 bridgehead atoms. The molecule has 1 aromatic heterocycles. The van der Waals surface area contributed by atoms with Crippen LogP contribution >= 0.6 is 0 Å². The summed E-state index contributed by atoms with van der Waals surface area (Å²) < 4.78 is 11.1. The van der Waals surface area contributed by atoms with E-state index in [0.717, 1.165) is 23.1 Å². The molecule has 3 nitrogen and oxygen atoms in total. The van der Waals surface area contributed by atoms with Gasteiger partial charge in [-0.15, -0.1) is 0 Å². The number of carbonyl (C=O) groups is 1. The molecule has 0 radical (unpaired) electrons. The number of fused-ring (bicyclic) bond motifs is 1. The molecule has 96 valence electrons. The fraction of sp³-hybridized carbons (Fsp3) is 0.400. The first-order valence-electron chi connectivity index (χ1n) is 6.32. The third-order valence-corrected chi connectivity index (χ3v) is 2.73. The molecule has 2 aromatic rings. The first kappa shape index (κ1) is 12.7. The normalized spacial score (nSPS) is 11.1. The van der Waals surface area contributed by atoms with E-state index < -0.39 is 0 Å². The van der Waals surface area contributed by atoms with Crippen molar-refractivity contribution in [3.8, 4) is 5.75 Å². The minimum Gasteiger partial charge on any atom is -0.494 e. The van der Waals surface area contributed by atoms with Gasteiger partial charge in [-0.1, -0.05) is 20.8 Å². The molecular weight excluding hydrogens is 228 g/mol. The third kappa shape index (κ3) is 2.55. The molecule has 0 aliphatic rings. The monoisotopic (exact) mass is 246 g/mol. The molecule has 1 aromatic carbocycles. The SMILES string of the molecule is CCCOc1ccc2oc(C(=O)C(C)C)cc2c1. The van der Waals surface area contributed by atoms with E-state index in [1.165, 1.54) is 0 Å². The number of ether oxygens (including phenoxy) is 1. The predicted molar refractivity (Wildman–Crippen MR) is 71.2 cm³/mol. The van der Waals surface area contributed by atoms with Crippen molar-refractivity contribution in [3.63, 3.8) is 0 Å². The zero-order chi connectivity index (χ0) is 13.1. The minimum atomic E-state index is -0.0543. The maximum Gasteiger partial charge on any atom is 0.200 e. The smallest absolute Gasteiger partial charge is 0.200 e. The molecule has 0 aliphatic carbocycles. The maximum absolute atomic E-state index is 11.8. The van der Waals surface area contributed by atoms with Crippen LogP contribution in [0.25, 0.3) is 11.0 Å². The van der Waals surface area contributed by atoms with E-state index >= 15 is 0 Å². The van der Waals surface area contributed by atoms with Crippen LogP contribution in [0.2, 0.25) is 0 Å². The zero-order valence-corrected chi connectivity index (χ0v) is 11.0. The molecule has 0 fully saturated rings. The summed E-state index contributed by atoms with van der Waals surface area (Å²) in [4.78, 5) is 11.8. The Morgan fingerprint density at radius 1 is 1.33 bits per heavy atom. The summed E-state index contributed by atoms with van der Waals surface area (Å²) in [5.41, 5.74) is 0.725. The quantitative estimate of drug-likeness (QED) is 0.747. The molecule has 0 spiro atoms. The van der Waals surface area contributed by atoms with Crippen LogP contribution in [0.3, 0.4) is 0 Å². The Bertz CT molecular complexity index is 552. The Balaban J connectivity index is 2.31. The van der Waals surface area contributed by atoms with Gasteiger partial charge in [-0.25, -0.2) is 0 Å². The van der Waals surface area contributed by atoms with Crippen molar-refractivity contribution in [1.82, 2.24) is 0 Å². The lowest BCUT2D eigenvalue weighted by atomic mass is 10.1. The number of benzene rings is 1. The largest absolute Gasteiger partial charge is 0.494 e. The molecule has 1 heterocycles. The van der Waals surface area contributed by atoms with E-state index in [1.54, 1.807) is 6.07 Å². The zero-order valence-electron chi connectivity index (χ0n) is 11.0. The lowest BCUT2D eigenvalue weighted by molar-refractivity contribution is 0.0913. The summed E-state index contributed by atoms with van der Waals surface area (Å²) in [7, 11) is 0. The highest BCUT2D eigenvalue weighted by molar-refractivity contribution is 5.98. The van der Waals surface area contributed by atoms with Crippen molar-refractivity contribution < 1.29 is 13.9 Å². The van der Waals surface area contributed by atoms with Gasteiger partial charge in [0, 0.05) is 11.3 Å². The average molecular weight is 246 g/mol. The van der Waals surface area contributed by atoms with Crippen molar-refractivity contribution >= 4 is 16.8 Å². The van der Waals surface area contributed by atoms with E-state index in [1.807, 2.05) is 32.0 Å². The molecule has 0 amide bonds. The topological polar surface area (TPSA) is 39.4 Å². The van der Waals surface area contributed by atoms with Crippen LogP contribution in [0.15, 0.2) is 28.7 Å². The first-order chi connectivity index (χ1) is 8.61. The van der Waals surface area contributed by atoms with Crippen LogP contribution in [0.1, 0.15) is 37.7 Å². The number of hydrogen-bond acceptors (Lipinski definition) is 3.